The fraction of sp³-hybridized carbons (Fsp3) is 0.286. The molecule has 0 radical (unpaired) electrons. The Kier molecular flexibility index (Phi) is 6.06. The standard InChI is InChI=1S/C21H23N3O4/c1-22(2)19-9-3-16(15-20(19)24(26)27)4-10-21(25)17-5-7-18(8-6-17)23-11-13-28-14-12-23/h3-10,15H,11-14H2,1-2H3/b10-4+. The van der Waals surface area contributed by atoms with Crippen LogP contribution in [0.5, 0.6) is 0 Å². The van der Waals surface area contributed by atoms with Crippen LogP contribution in [0.2, 0.25) is 0 Å². The molecule has 0 spiro atoms. The smallest absolute Gasteiger partial charge is 0.293 e. The first-order valence-electron chi connectivity index (χ1n) is 9.06. The van der Waals surface area contributed by atoms with E-state index in [1.165, 1.54) is 12.1 Å². The Balaban J connectivity index is 1.72. The third-order valence-corrected chi connectivity index (χ3v) is 4.63. The Hall–Kier alpha value is -3.19. The zero-order chi connectivity index (χ0) is 20.1. The zero-order valence-corrected chi connectivity index (χ0v) is 16.0. The first-order chi connectivity index (χ1) is 13.5. The molecular weight excluding hydrogens is 358 g/mol. The molecule has 146 valence electrons. The fourth-order valence-electron chi connectivity index (χ4n) is 3.09. The molecular formula is C21H23N3O4. The van der Waals surface area contributed by atoms with Gasteiger partial charge in [0.2, 0.25) is 0 Å². The molecule has 2 aromatic rings. The summed E-state index contributed by atoms with van der Waals surface area (Å²) in [5, 5.41) is 11.3. The van der Waals surface area contributed by atoms with Gasteiger partial charge in [-0.25, -0.2) is 0 Å². The number of anilines is 2. The molecule has 2 aromatic carbocycles. The Morgan fingerprint density at radius 3 is 2.43 bits per heavy atom. The minimum Gasteiger partial charge on any atom is -0.378 e. The summed E-state index contributed by atoms with van der Waals surface area (Å²) in [6.07, 6.45) is 3.04. The number of morpholine rings is 1. The molecule has 7 heteroatoms. The van der Waals surface area contributed by atoms with Crippen molar-refractivity contribution in [2.75, 3.05) is 50.2 Å². The fourth-order valence-corrected chi connectivity index (χ4v) is 3.09. The van der Waals surface area contributed by atoms with Gasteiger partial charge in [-0.2, -0.15) is 0 Å². The van der Waals surface area contributed by atoms with Crippen molar-refractivity contribution in [3.63, 3.8) is 0 Å². The summed E-state index contributed by atoms with van der Waals surface area (Å²) in [7, 11) is 3.50. The van der Waals surface area contributed by atoms with Crippen LogP contribution < -0.4 is 9.80 Å². The number of ketones is 1. The van der Waals surface area contributed by atoms with Crippen LogP contribution in [0.4, 0.5) is 17.1 Å². The molecule has 0 aliphatic carbocycles. The highest BCUT2D eigenvalue weighted by Crippen LogP contribution is 2.28. The molecule has 7 nitrogen and oxygen atoms in total. The van der Waals surface area contributed by atoms with Crippen molar-refractivity contribution in [3.8, 4) is 0 Å². The van der Waals surface area contributed by atoms with Gasteiger partial charge in [0, 0.05) is 44.5 Å². The number of nitro groups is 1. The van der Waals surface area contributed by atoms with Crippen LogP contribution in [0.25, 0.3) is 6.08 Å². The number of nitrogens with zero attached hydrogens (tertiary/aromatic N) is 3. The Morgan fingerprint density at radius 1 is 1.14 bits per heavy atom. The summed E-state index contributed by atoms with van der Waals surface area (Å²) >= 11 is 0. The van der Waals surface area contributed by atoms with Gasteiger partial charge < -0.3 is 14.5 Å². The number of nitro benzene ring substituents is 1. The van der Waals surface area contributed by atoms with E-state index in [0.29, 0.717) is 30.0 Å². The summed E-state index contributed by atoms with van der Waals surface area (Å²) in [5.41, 5.74) is 2.78. The van der Waals surface area contributed by atoms with Crippen LogP contribution >= 0.6 is 0 Å². The third-order valence-electron chi connectivity index (χ3n) is 4.63. The van der Waals surface area contributed by atoms with Crippen LogP contribution in [-0.2, 0) is 4.74 Å². The number of carbonyl (C=O) groups is 1. The average molecular weight is 381 g/mol. The zero-order valence-electron chi connectivity index (χ0n) is 16.0. The van der Waals surface area contributed by atoms with E-state index in [9.17, 15) is 14.9 Å². The predicted octanol–water partition coefficient (Wildman–Crippen LogP) is 3.39. The number of rotatable bonds is 6. The van der Waals surface area contributed by atoms with E-state index in [1.54, 1.807) is 49.3 Å². The number of hydrogen-bond donors (Lipinski definition) is 0. The summed E-state index contributed by atoms with van der Waals surface area (Å²) in [5.74, 6) is -0.145. The molecule has 1 saturated heterocycles. The molecule has 0 atom stereocenters. The molecule has 1 heterocycles. The van der Waals surface area contributed by atoms with Crippen molar-refractivity contribution in [1.29, 1.82) is 0 Å². The van der Waals surface area contributed by atoms with Gasteiger partial charge in [-0.15, -0.1) is 0 Å². The van der Waals surface area contributed by atoms with Crippen molar-refractivity contribution in [2.45, 2.75) is 0 Å². The highest BCUT2D eigenvalue weighted by Gasteiger charge is 2.15. The lowest BCUT2D eigenvalue weighted by atomic mass is 10.1. The van der Waals surface area contributed by atoms with Gasteiger partial charge in [0.1, 0.15) is 5.69 Å². The summed E-state index contributed by atoms with van der Waals surface area (Å²) in [4.78, 5) is 27.2. The van der Waals surface area contributed by atoms with Crippen molar-refractivity contribution < 1.29 is 14.5 Å². The highest BCUT2D eigenvalue weighted by molar-refractivity contribution is 6.07. The first kappa shape index (κ1) is 19.6. The maximum absolute atomic E-state index is 12.4. The first-order valence-corrected chi connectivity index (χ1v) is 9.06. The Bertz CT molecular complexity index is 885. The van der Waals surface area contributed by atoms with Gasteiger partial charge >= 0.3 is 0 Å². The second-order valence-electron chi connectivity index (χ2n) is 6.74. The molecule has 0 bridgehead atoms. The van der Waals surface area contributed by atoms with E-state index in [4.69, 9.17) is 4.74 Å². The lowest BCUT2D eigenvalue weighted by molar-refractivity contribution is -0.384. The quantitative estimate of drug-likeness (QED) is 0.330. The van der Waals surface area contributed by atoms with Crippen LogP contribution in [0.15, 0.2) is 48.5 Å². The van der Waals surface area contributed by atoms with E-state index < -0.39 is 4.92 Å². The molecule has 0 unspecified atom stereocenters. The predicted molar refractivity (Wildman–Crippen MR) is 110 cm³/mol. The topological polar surface area (TPSA) is 75.9 Å². The largest absolute Gasteiger partial charge is 0.378 e. The van der Waals surface area contributed by atoms with E-state index in [1.807, 2.05) is 12.1 Å². The maximum atomic E-state index is 12.4. The number of allylic oxidation sites excluding steroid dienone is 1. The van der Waals surface area contributed by atoms with Crippen LogP contribution in [-0.4, -0.2) is 51.1 Å². The maximum Gasteiger partial charge on any atom is 0.293 e. The SMILES string of the molecule is CN(C)c1ccc(/C=C/C(=O)c2ccc(N3CCOCC3)cc2)cc1[N+](=O)[O-]. The van der Waals surface area contributed by atoms with Gasteiger partial charge in [-0.1, -0.05) is 12.1 Å². The lowest BCUT2D eigenvalue weighted by Gasteiger charge is -2.28. The van der Waals surface area contributed by atoms with E-state index in [-0.39, 0.29) is 11.5 Å². The summed E-state index contributed by atoms with van der Waals surface area (Å²) in [6.45, 7) is 3.11. The normalized spacial score (nSPS) is 14.3. The van der Waals surface area contributed by atoms with E-state index in [2.05, 4.69) is 4.90 Å². The Morgan fingerprint density at radius 2 is 1.82 bits per heavy atom. The second kappa shape index (κ2) is 8.67. The monoisotopic (exact) mass is 381 g/mol. The molecule has 0 N–H and O–H groups in total. The van der Waals surface area contributed by atoms with Crippen molar-refractivity contribution in [2.24, 2.45) is 0 Å². The molecule has 28 heavy (non-hydrogen) atoms. The van der Waals surface area contributed by atoms with Gasteiger partial charge in [0.05, 0.1) is 18.1 Å². The summed E-state index contributed by atoms with van der Waals surface area (Å²) < 4.78 is 5.35. The van der Waals surface area contributed by atoms with Crippen molar-refractivity contribution in [3.05, 3.63) is 69.8 Å². The van der Waals surface area contributed by atoms with Gasteiger partial charge in [0.15, 0.2) is 5.78 Å². The molecule has 0 amide bonds. The Labute approximate surface area is 164 Å². The number of benzene rings is 2. The summed E-state index contributed by atoms with van der Waals surface area (Å²) in [6, 6.07) is 12.4. The molecule has 1 aliphatic rings. The lowest BCUT2D eigenvalue weighted by Crippen LogP contribution is -2.36. The minimum atomic E-state index is -0.418. The van der Waals surface area contributed by atoms with Crippen molar-refractivity contribution in [1.82, 2.24) is 0 Å². The van der Waals surface area contributed by atoms with Crippen molar-refractivity contribution >= 4 is 28.9 Å². The molecule has 0 saturated carbocycles. The number of hydrogen-bond acceptors (Lipinski definition) is 6. The van der Waals surface area contributed by atoms with E-state index in [0.717, 1.165) is 18.8 Å². The van der Waals surface area contributed by atoms with Crippen LogP contribution in [0.3, 0.4) is 0 Å². The van der Waals surface area contributed by atoms with Gasteiger partial charge in [-0.3, -0.25) is 14.9 Å². The van der Waals surface area contributed by atoms with Gasteiger partial charge in [0.25, 0.3) is 5.69 Å². The average Bonchev–Trinajstić information content (AvgIpc) is 2.72. The third kappa shape index (κ3) is 4.55. The number of carbonyl (C=O) groups excluding carboxylic acids is 1. The molecule has 1 aliphatic heterocycles. The van der Waals surface area contributed by atoms with Crippen LogP contribution in [0.1, 0.15) is 15.9 Å². The van der Waals surface area contributed by atoms with Crippen LogP contribution in [0, 0.1) is 10.1 Å². The molecule has 1 fully saturated rings. The molecule has 0 aromatic heterocycles. The second-order valence-corrected chi connectivity index (χ2v) is 6.74. The van der Waals surface area contributed by atoms with E-state index >= 15 is 0 Å². The van der Waals surface area contributed by atoms with Gasteiger partial charge in [-0.05, 0) is 42.0 Å². The minimum absolute atomic E-state index is 0.00876. The highest BCUT2D eigenvalue weighted by atomic mass is 16.6. The number of ether oxygens (including phenoxy) is 1. The molecule has 3 rings (SSSR count).